The minimum absolute atomic E-state index is 0.0497. The van der Waals surface area contributed by atoms with Gasteiger partial charge in [-0.2, -0.15) is 0 Å². The van der Waals surface area contributed by atoms with Gasteiger partial charge in [0.1, 0.15) is 6.04 Å². The van der Waals surface area contributed by atoms with Crippen molar-refractivity contribution in [1.29, 1.82) is 0 Å². The zero-order valence-corrected chi connectivity index (χ0v) is 11.9. The van der Waals surface area contributed by atoms with Crippen molar-refractivity contribution >= 4 is 17.8 Å². The molecule has 2 amide bonds. The molecule has 0 aliphatic carbocycles. The zero-order chi connectivity index (χ0) is 15.1. The van der Waals surface area contributed by atoms with Crippen molar-refractivity contribution in [3.63, 3.8) is 0 Å². The van der Waals surface area contributed by atoms with E-state index in [0.29, 0.717) is 19.4 Å². The third-order valence-electron chi connectivity index (χ3n) is 3.45. The van der Waals surface area contributed by atoms with E-state index in [1.165, 1.54) is 7.11 Å². The summed E-state index contributed by atoms with van der Waals surface area (Å²) in [5.41, 5.74) is 0. The SMILES string of the molecule is CCC(=O)N1CCCCC1C(=O)NCC(OC)C(=O)O. The predicted molar refractivity (Wildman–Crippen MR) is 71.1 cm³/mol. The van der Waals surface area contributed by atoms with E-state index in [2.05, 4.69) is 5.32 Å². The number of carbonyl (C=O) groups excluding carboxylic acids is 2. The number of methoxy groups -OCH3 is 1. The van der Waals surface area contributed by atoms with E-state index < -0.39 is 18.1 Å². The molecule has 1 saturated heterocycles. The number of piperidine rings is 1. The molecule has 2 unspecified atom stereocenters. The fraction of sp³-hybridized carbons (Fsp3) is 0.769. The Morgan fingerprint density at radius 1 is 1.40 bits per heavy atom. The second-order valence-electron chi connectivity index (χ2n) is 4.76. The molecule has 1 aliphatic rings. The number of nitrogens with one attached hydrogen (secondary N) is 1. The quantitative estimate of drug-likeness (QED) is 0.716. The third kappa shape index (κ3) is 4.19. The molecular weight excluding hydrogens is 264 g/mol. The van der Waals surface area contributed by atoms with Gasteiger partial charge in [-0.15, -0.1) is 0 Å². The molecule has 0 saturated carbocycles. The number of carboxylic acids is 1. The molecule has 0 bridgehead atoms. The van der Waals surface area contributed by atoms with Crippen LogP contribution in [-0.4, -0.2) is 60.1 Å². The lowest BCUT2D eigenvalue weighted by Gasteiger charge is -2.34. The van der Waals surface area contributed by atoms with Crippen LogP contribution in [0.15, 0.2) is 0 Å². The number of aliphatic carboxylic acids is 1. The topological polar surface area (TPSA) is 95.9 Å². The van der Waals surface area contributed by atoms with Gasteiger partial charge in [-0.05, 0) is 19.3 Å². The largest absolute Gasteiger partial charge is 0.479 e. The second-order valence-corrected chi connectivity index (χ2v) is 4.76. The molecule has 0 aromatic rings. The first kappa shape index (κ1) is 16.4. The third-order valence-corrected chi connectivity index (χ3v) is 3.45. The Labute approximate surface area is 118 Å². The van der Waals surface area contributed by atoms with Crippen molar-refractivity contribution in [3.8, 4) is 0 Å². The van der Waals surface area contributed by atoms with Crippen LogP contribution in [0.5, 0.6) is 0 Å². The van der Waals surface area contributed by atoms with Crippen molar-refractivity contribution < 1.29 is 24.2 Å². The Balaban J connectivity index is 2.59. The van der Waals surface area contributed by atoms with Crippen LogP contribution in [-0.2, 0) is 19.1 Å². The molecular formula is C13H22N2O5. The number of hydrogen-bond acceptors (Lipinski definition) is 4. The van der Waals surface area contributed by atoms with Crippen LogP contribution in [0, 0.1) is 0 Å². The van der Waals surface area contributed by atoms with E-state index in [0.717, 1.165) is 12.8 Å². The minimum Gasteiger partial charge on any atom is -0.479 e. The number of hydrogen-bond donors (Lipinski definition) is 2. The van der Waals surface area contributed by atoms with E-state index in [1.807, 2.05) is 0 Å². The maximum Gasteiger partial charge on any atom is 0.334 e. The Kier molecular flexibility index (Phi) is 6.44. The van der Waals surface area contributed by atoms with Crippen molar-refractivity contribution in [2.45, 2.75) is 44.8 Å². The van der Waals surface area contributed by atoms with Gasteiger partial charge in [0.05, 0.1) is 6.54 Å². The van der Waals surface area contributed by atoms with Crippen LogP contribution in [0.2, 0.25) is 0 Å². The normalized spacial score (nSPS) is 20.3. The van der Waals surface area contributed by atoms with Gasteiger partial charge < -0.3 is 20.1 Å². The average Bonchev–Trinajstić information content (AvgIpc) is 2.46. The van der Waals surface area contributed by atoms with E-state index in [4.69, 9.17) is 9.84 Å². The van der Waals surface area contributed by atoms with Gasteiger partial charge in [0.15, 0.2) is 6.10 Å². The average molecular weight is 286 g/mol. The molecule has 1 rings (SSSR count). The Hall–Kier alpha value is -1.63. The van der Waals surface area contributed by atoms with Crippen LogP contribution >= 0.6 is 0 Å². The highest BCUT2D eigenvalue weighted by Gasteiger charge is 2.31. The number of carbonyl (C=O) groups is 3. The first-order valence-corrected chi connectivity index (χ1v) is 6.84. The Morgan fingerprint density at radius 2 is 2.10 bits per heavy atom. The van der Waals surface area contributed by atoms with Gasteiger partial charge >= 0.3 is 5.97 Å². The van der Waals surface area contributed by atoms with Crippen molar-refractivity contribution in [2.75, 3.05) is 20.2 Å². The molecule has 1 fully saturated rings. The molecule has 20 heavy (non-hydrogen) atoms. The van der Waals surface area contributed by atoms with Crippen molar-refractivity contribution in [3.05, 3.63) is 0 Å². The van der Waals surface area contributed by atoms with Crippen LogP contribution in [0.1, 0.15) is 32.6 Å². The highest BCUT2D eigenvalue weighted by molar-refractivity contribution is 5.88. The summed E-state index contributed by atoms with van der Waals surface area (Å²) >= 11 is 0. The summed E-state index contributed by atoms with van der Waals surface area (Å²) in [6.07, 6.45) is 1.68. The fourth-order valence-electron chi connectivity index (χ4n) is 2.29. The van der Waals surface area contributed by atoms with Gasteiger partial charge in [0.25, 0.3) is 0 Å². The van der Waals surface area contributed by atoms with E-state index in [-0.39, 0.29) is 18.4 Å². The van der Waals surface area contributed by atoms with Crippen LogP contribution in [0.3, 0.4) is 0 Å². The molecule has 0 radical (unpaired) electrons. The standard InChI is InChI=1S/C13H22N2O5/c1-3-11(16)15-7-5-4-6-9(15)12(17)14-8-10(20-2)13(18)19/h9-10H,3-8H2,1-2H3,(H,14,17)(H,18,19). The maximum absolute atomic E-state index is 12.1. The van der Waals surface area contributed by atoms with Gasteiger partial charge in [0, 0.05) is 20.1 Å². The molecule has 1 heterocycles. The molecule has 7 nitrogen and oxygen atoms in total. The number of ether oxygens (including phenoxy) is 1. The zero-order valence-electron chi connectivity index (χ0n) is 11.9. The summed E-state index contributed by atoms with van der Waals surface area (Å²) in [6, 6.07) is -0.498. The van der Waals surface area contributed by atoms with Gasteiger partial charge in [-0.3, -0.25) is 9.59 Å². The summed E-state index contributed by atoms with van der Waals surface area (Å²) < 4.78 is 4.75. The molecule has 1 aliphatic heterocycles. The lowest BCUT2D eigenvalue weighted by molar-refractivity contribution is -0.149. The van der Waals surface area contributed by atoms with Gasteiger partial charge in [-0.1, -0.05) is 6.92 Å². The Bertz CT molecular complexity index is 372. The summed E-state index contributed by atoms with van der Waals surface area (Å²) in [6.45, 7) is 2.24. The summed E-state index contributed by atoms with van der Waals surface area (Å²) in [7, 11) is 1.28. The van der Waals surface area contributed by atoms with Gasteiger partial charge in [-0.25, -0.2) is 4.79 Å². The highest BCUT2D eigenvalue weighted by atomic mass is 16.5. The summed E-state index contributed by atoms with van der Waals surface area (Å²) in [4.78, 5) is 36.3. The van der Waals surface area contributed by atoms with E-state index in [9.17, 15) is 14.4 Å². The second kappa shape index (κ2) is 7.84. The number of nitrogens with zero attached hydrogens (tertiary/aromatic N) is 1. The lowest BCUT2D eigenvalue weighted by atomic mass is 10.0. The first-order valence-electron chi connectivity index (χ1n) is 6.84. The molecule has 7 heteroatoms. The number of carboxylic acid groups (broad SMARTS) is 1. The first-order chi connectivity index (χ1) is 9.51. The van der Waals surface area contributed by atoms with Crippen LogP contribution < -0.4 is 5.32 Å². The smallest absolute Gasteiger partial charge is 0.334 e. The van der Waals surface area contributed by atoms with Crippen LogP contribution in [0.25, 0.3) is 0 Å². The maximum atomic E-state index is 12.1. The summed E-state index contributed by atoms with van der Waals surface area (Å²) in [5.74, 6) is -1.49. The molecule has 0 aromatic heterocycles. The molecule has 0 spiro atoms. The van der Waals surface area contributed by atoms with Crippen LogP contribution in [0.4, 0.5) is 0 Å². The minimum atomic E-state index is -1.13. The molecule has 0 aromatic carbocycles. The van der Waals surface area contributed by atoms with E-state index >= 15 is 0 Å². The van der Waals surface area contributed by atoms with E-state index in [1.54, 1.807) is 11.8 Å². The number of amides is 2. The van der Waals surface area contributed by atoms with Crippen molar-refractivity contribution in [1.82, 2.24) is 10.2 Å². The molecule has 2 N–H and O–H groups in total. The number of rotatable bonds is 6. The summed E-state index contributed by atoms with van der Waals surface area (Å²) in [5, 5.41) is 11.4. The number of likely N-dealkylation sites (tertiary alicyclic amines) is 1. The highest BCUT2D eigenvalue weighted by Crippen LogP contribution is 2.18. The van der Waals surface area contributed by atoms with Gasteiger partial charge in [0.2, 0.25) is 11.8 Å². The lowest BCUT2D eigenvalue weighted by Crippen LogP contribution is -2.53. The molecule has 114 valence electrons. The predicted octanol–water partition coefficient (Wildman–Crippen LogP) is -0.00670. The molecule has 2 atom stereocenters. The Morgan fingerprint density at radius 3 is 2.65 bits per heavy atom. The fourth-order valence-corrected chi connectivity index (χ4v) is 2.29. The van der Waals surface area contributed by atoms with Crippen molar-refractivity contribution in [2.24, 2.45) is 0 Å². The monoisotopic (exact) mass is 286 g/mol.